The molecule has 1 unspecified atom stereocenters. The summed E-state index contributed by atoms with van der Waals surface area (Å²) in [4.78, 5) is 12.8. The lowest BCUT2D eigenvalue weighted by Gasteiger charge is -2.21. The van der Waals surface area contributed by atoms with Crippen LogP contribution in [0.15, 0.2) is 30.3 Å². The van der Waals surface area contributed by atoms with Crippen molar-refractivity contribution >= 4 is 5.97 Å². The van der Waals surface area contributed by atoms with E-state index in [-0.39, 0.29) is 0 Å². The summed E-state index contributed by atoms with van der Waals surface area (Å²) in [7, 11) is 0. The Labute approximate surface area is 102 Å². The summed E-state index contributed by atoms with van der Waals surface area (Å²) >= 11 is 0. The first-order valence-electron chi connectivity index (χ1n) is 5.56. The van der Waals surface area contributed by atoms with Gasteiger partial charge in [-0.1, -0.05) is 43.2 Å². The fraction of sp³-hybridized carbons (Fsp3) is 0.357. The van der Waals surface area contributed by atoms with Crippen LogP contribution in [0.25, 0.3) is 0 Å². The maximum Gasteiger partial charge on any atom is 0.307 e. The number of hydrogen-bond donors (Lipinski definition) is 1. The zero-order valence-electron chi connectivity index (χ0n) is 9.97. The molecule has 1 aromatic carbocycles. The van der Waals surface area contributed by atoms with Crippen LogP contribution in [0.5, 0.6) is 0 Å². The average molecular weight is 231 g/mol. The molecule has 0 aliphatic rings. The van der Waals surface area contributed by atoms with E-state index in [9.17, 15) is 4.79 Å². The summed E-state index contributed by atoms with van der Waals surface area (Å²) in [6.07, 6.45) is 5.30. The lowest BCUT2D eigenvalue weighted by atomic mass is 10.1. The van der Waals surface area contributed by atoms with Crippen LogP contribution in [0, 0.1) is 18.3 Å². The molecule has 0 bridgehead atoms. The van der Waals surface area contributed by atoms with Crippen molar-refractivity contribution in [1.82, 2.24) is 4.90 Å². The number of rotatable bonds is 6. The number of aliphatic carboxylic acids is 1. The molecule has 0 aromatic heterocycles. The van der Waals surface area contributed by atoms with Crippen molar-refractivity contribution in [3.63, 3.8) is 0 Å². The van der Waals surface area contributed by atoms with Gasteiger partial charge in [-0.25, -0.2) is 0 Å². The van der Waals surface area contributed by atoms with Crippen LogP contribution in [-0.4, -0.2) is 29.1 Å². The van der Waals surface area contributed by atoms with Gasteiger partial charge in [-0.2, -0.15) is 0 Å². The van der Waals surface area contributed by atoms with Crippen molar-refractivity contribution in [2.75, 3.05) is 13.1 Å². The van der Waals surface area contributed by atoms with Gasteiger partial charge in [0.1, 0.15) is 0 Å². The fourth-order valence-corrected chi connectivity index (χ4v) is 1.62. The van der Waals surface area contributed by atoms with Crippen molar-refractivity contribution < 1.29 is 9.90 Å². The second-order valence-electron chi connectivity index (χ2n) is 4.10. The van der Waals surface area contributed by atoms with Gasteiger partial charge in [0, 0.05) is 13.1 Å². The summed E-state index contributed by atoms with van der Waals surface area (Å²) in [6, 6.07) is 9.90. The van der Waals surface area contributed by atoms with Gasteiger partial charge in [-0.05, 0) is 5.56 Å². The van der Waals surface area contributed by atoms with E-state index in [1.807, 2.05) is 35.2 Å². The Hall–Kier alpha value is -1.79. The largest absolute Gasteiger partial charge is 0.481 e. The predicted octanol–water partition coefficient (Wildman–Crippen LogP) is 1.84. The Kier molecular flexibility index (Phi) is 5.25. The molecule has 1 rings (SSSR count). The molecule has 0 saturated carbocycles. The van der Waals surface area contributed by atoms with Crippen LogP contribution in [0.3, 0.4) is 0 Å². The van der Waals surface area contributed by atoms with Gasteiger partial charge in [0.2, 0.25) is 0 Å². The Balaban J connectivity index is 2.61. The molecule has 90 valence electrons. The van der Waals surface area contributed by atoms with Crippen molar-refractivity contribution in [3.05, 3.63) is 35.9 Å². The first-order valence-corrected chi connectivity index (χ1v) is 5.56. The molecule has 0 fully saturated rings. The van der Waals surface area contributed by atoms with E-state index in [0.29, 0.717) is 19.6 Å². The summed E-state index contributed by atoms with van der Waals surface area (Å²) in [5.41, 5.74) is 1.14. The van der Waals surface area contributed by atoms with Crippen LogP contribution in [0.1, 0.15) is 12.5 Å². The van der Waals surface area contributed by atoms with Crippen molar-refractivity contribution in [3.8, 4) is 12.3 Å². The maximum absolute atomic E-state index is 10.8. The van der Waals surface area contributed by atoms with E-state index in [1.165, 1.54) is 0 Å². The minimum absolute atomic E-state index is 0.410. The molecule has 0 heterocycles. The number of nitrogens with zero attached hydrogens (tertiary/aromatic N) is 1. The smallest absolute Gasteiger partial charge is 0.307 e. The van der Waals surface area contributed by atoms with Gasteiger partial charge in [0.05, 0.1) is 12.5 Å². The number of terminal acetylenes is 1. The van der Waals surface area contributed by atoms with Gasteiger partial charge in [-0.3, -0.25) is 9.69 Å². The van der Waals surface area contributed by atoms with Crippen LogP contribution >= 0.6 is 0 Å². The van der Waals surface area contributed by atoms with E-state index in [1.54, 1.807) is 6.92 Å². The van der Waals surface area contributed by atoms with Crippen LogP contribution in [-0.2, 0) is 11.3 Å². The number of carboxylic acids is 1. The highest BCUT2D eigenvalue weighted by Gasteiger charge is 2.15. The summed E-state index contributed by atoms with van der Waals surface area (Å²) in [6.45, 7) is 3.31. The predicted molar refractivity (Wildman–Crippen MR) is 67.4 cm³/mol. The van der Waals surface area contributed by atoms with E-state index in [0.717, 1.165) is 5.56 Å². The third kappa shape index (κ3) is 4.71. The molecular weight excluding hydrogens is 214 g/mol. The van der Waals surface area contributed by atoms with Crippen LogP contribution in [0.2, 0.25) is 0 Å². The highest BCUT2D eigenvalue weighted by molar-refractivity contribution is 5.69. The van der Waals surface area contributed by atoms with Gasteiger partial charge in [-0.15, -0.1) is 6.42 Å². The molecule has 0 aliphatic carbocycles. The molecule has 1 N–H and O–H groups in total. The Morgan fingerprint density at radius 3 is 2.65 bits per heavy atom. The summed E-state index contributed by atoms with van der Waals surface area (Å²) in [5.74, 6) is 1.36. The first-order chi connectivity index (χ1) is 8.13. The highest BCUT2D eigenvalue weighted by Crippen LogP contribution is 2.07. The Morgan fingerprint density at radius 2 is 2.12 bits per heavy atom. The van der Waals surface area contributed by atoms with E-state index >= 15 is 0 Å². The van der Waals surface area contributed by atoms with Crippen molar-refractivity contribution in [2.45, 2.75) is 13.5 Å². The fourth-order valence-electron chi connectivity index (χ4n) is 1.62. The Morgan fingerprint density at radius 1 is 1.47 bits per heavy atom. The highest BCUT2D eigenvalue weighted by atomic mass is 16.4. The number of hydrogen-bond acceptors (Lipinski definition) is 2. The molecule has 0 amide bonds. The van der Waals surface area contributed by atoms with E-state index in [2.05, 4.69) is 5.92 Å². The van der Waals surface area contributed by atoms with Gasteiger partial charge >= 0.3 is 5.97 Å². The standard InChI is InChI=1S/C14H17NO2/c1-3-9-15(10-12(2)14(16)17)11-13-7-5-4-6-8-13/h1,4-8,12H,9-11H2,2H3,(H,16,17). The average Bonchev–Trinajstić information content (AvgIpc) is 2.30. The van der Waals surface area contributed by atoms with Gasteiger partial charge < -0.3 is 5.11 Å². The molecule has 0 aliphatic heterocycles. The SMILES string of the molecule is C#CCN(Cc1ccccc1)CC(C)C(=O)O. The normalized spacial score (nSPS) is 12.1. The quantitative estimate of drug-likeness (QED) is 0.759. The van der Waals surface area contributed by atoms with E-state index < -0.39 is 11.9 Å². The minimum Gasteiger partial charge on any atom is -0.481 e. The van der Waals surface area contributed by atoms with Crippen LogP contribution < -0.4 is 0 Å². The van der Waals surface area contributed by atoms with Gasteiger partial charge in [0.25, 0.3) is 0 Å². The minimum atomic E-state index is -0.792. The lowest BCUT2D eigenvalue weighted by Crippen LogP contribution is -2.31. The second-order valence-corrected chi connectivity index (χ2v) is 4.10. The molecule has 0 saturated heterocycles. The van der Waals surface area contributed by atoms with Gasteiger partial charge in [0.15, 0.2) is 0 Å². The lowest BCUT2D eigenvalue weighted by molar-refractivity contribution is -0.141. The molecule has 1 atom stereocenters. The number of benzene rings is 1. The monoisotopic (exact) mass is 231 g/mol. The molecule has 0 radical (unpaired) electrons. The zero-order valence-corrected chi connectivity index (χ0v) is 9.97. The third-order valence-electron chi connectivity index (χ3n) is 2.52. The second kappa shape index (κ2) is 6.72. The molecule has 17 heavy (non-hydrogen) atoms. The van der Waals surface area contributed by atoms with E-state index in [4.69, 9.17) is 11.5 Å². The summed E-state index contributed by atoms with van der Waals surface area (Å²) in [5, 5.41) is 8.89. The van der Waals surface area contributed by atoms with Crippen molar-refractivity contribution in [2.24, 2.45) is 5.92 Å². The number of carboxylic acid groups (broad SMARTS) is 1. The zero-order chi connectivity index (χ0) is 12.7. The molecule has 3 nitrogen and oxygen atoms in total. The topological polar surface area (TPSA) is 40.5 Å². The first kappa shape index (κ1) is 13.3. The molecule has 0 spiro atoms. The molecule has 1 aromatic rings. The molecular formula is C14H17NO2. The summed E-state index contributed by atoms with van der Waals surface area (Å²) < 4.78 is 0. The van der Waals surface area contributed by atoms with Crippen molar-refractivity contribution in [1.29, 1.82) is 0 Å². The third-order valence-corrected chi connectivity index (χ3v) is 2.52. The Bertz CT molecular complexity index is 394. The molecule has 3 heteroatoms. The number of carbonyl (C=O) groups is 1. The van der Waals surface area contributed by atoms with Crippen LogP contribution in [0.4, 0.5) is 0 Å². The maximum atomic E-state index is 10.8.